The molecule has 0 radical (unpaired) electrons. The third-order valence-electron chi connectivity index (χ3n) is 5.16. The van der Waals surface area contributed by atoms with Gasteiger partial charge in [0.2, 0.25) is 0 Å². The van der Waals surface area contributed by atoms with Gasteiger partial charge in [-0.15, -0.1) is 12.4 Å². The molecule has 7 nitrogen and oxygen atoms in total. The number of benzene rings is 2. The summed E-state index contributed by atoms with van der Waals surface area (Å²) in [5.74, 6) is -0.587. The molecule has 1 saturated heterocycles. The standard InChI is InChI=1S/C20H20N4O3.ClH/c21-17-15-3-1-2-4-16(15)22-20(23-17)9-11-24(12-10-20)18(25)13-5-7-14(8-6-13)19(26)27;/h1-8,22H,9-12H2,(H2,21,23)(H,26,27);1H. The lowest BCUT2D eigenvalue weighted by atomic mass is 9.93. The van der Waals surface area contributed by atoms with Gasteiger partial charge in [0.1, 0.15) is 11.5 Å². The highest BCUT2D eigenvalue weighted by molar-refractivity contribution is 6.04. The van der Waals surface area contributed by atoms with Crippen molar-refractivity contribution in [2.75, 3.05) is 18.4 Å². The molecule has 0 atom stereocenters. The Balaban J connectivity index is 0.00000225. The quantitative estimate of drug-likeness (QED) is 0.718. The van der Waals surface area contributed by atoms with Crippen molar-refractivity contribution >= 4 is 35.8 Å². The Morgan fingerprint density at radius 1 is 1.04 bits per heavy atom. The van der Waals surface area contributed by atoms with E-state index >= 15 is 0 Å². The Morgan fingerprint density at radius 2 is 1.64 bits per heavy atom. The van der Waals surface area contributed by atoms with Crippen LogP contribution < -0.4 is 11.1 Å². The molecule has 4 N–H and O–H groups in total. The molecule has 28 heavy (non-hydrogen) atoms. The maximum atomic E-state index is 12.7. The summed E-state index contributed by atoms with van der Waals surface area (Å²) in [6.45, 7) is 1.09. The van der Waals surface area contributed by atoms with Crippen LogP contribution in [0.3, 0.4) is 0 Å². The molecular formula is C20H21ClN4O3. The number of hydrogen-bond acceptors (Lipinski definition) is 5. The van der Waals surface area contributed by atoms with Gasteiger partial charge in [-0.25, -0.2) is 9.79 Å². The maximum Gasteiger partial charge on any atom is 0.335 e. The van der Waals surface area contributed by atoms with E-state index in [0.29, 0.717) is 37.3 Å². The number of nitrogens with zero attached hydrogens (tertiary/aromatic N) is 2. The molecule has 0 aliphatic carbocycles. The number of para-hydroxylation sites is 1. The number of piperidine rings is 1. The zero-order valence-corrected chi connectivity index (χ0v) is 15.9. The molecule has 2 aromatic carbocycles. The fourth-order valence-electron chi connectivity index (χ4n) is 3.64. The largest absolute Gasteiger partial charge is 0.478 e. The van der Waals surface area contributed by atoms with E-state index in [4.69, 9.17) is 15.8 Å². The van der Waals surface area contributed by atoms with Crippen molar-refractivity contribution in [1.29, 1.82) is 0 Å². The minimum absolute atomic E-state index is 0. The van der Waals surface area contributed by atoms with Gasteiger partial charge in [-0.05, 0) is 36.4 Å². The molecule has 8 heteroatoms. The number of nitrogens with one attached hydrogen (secondary N) is 1. The molecule has 0 aromatic heterocycles. The van der Waals surface area contributed by atoms with Crippen LogP contribution in [0.4, 0.5) is 5.69 Å². The number of nitrogens with two attached hydrogens (primary N) is 1. The van der Waals surface area contributed by atoms with Crippen LogP contribution in [0.5, 0.6) is 0 Å². The SMILES string of the molecule is Cl.NC1=NC2(CCN(C(=O)c3ccc(C(=O)O)cc3)CC2)Nc2ccccc21. The molecular weight excluding hydrogens is 380 g/mol. The third-order valence-corrected chi connectivity index (χ3v) is 5.16. The number of hydrogen-bond donors (Lipinski definition) is 3. The van der Waals surface area contributed by atoms with Gasteiger partial charge in [0.05, 0.1) is 5.56 Å². The van der Waals surface area contributed by atoms with Crippen LogP contribution in [-0.2, 0) is 0 Å². The summed E-state index contributed by atoms with van der Waals surface area (Å²) in [4.78, 5) is 30.1. The average Bonchev–Trinajstić information content (AvgIpc) is 2.68. The molecule has 2 heterocycles. The number of carbonyl (C=O) groups is 2. The first kappa shape index (κ1) is 19.7. The van der Waals surface area contributed by atoms with Gasteiger partial charge in [-0.1, -0.05) is 12.1 Å². The fourth-order valence-corrected chi connectivity index (χ4v) is 3.64. The zero-order valence-electron chi connectivity index (χ0n) is 15.1. The summed E-state index contributed by atoms with van der Waals surface area (Å²) in [6, 6.07) is 13.8. The second kappa shape index (κ2) is 7.52. The highest BCUT2D eigenvalue weighted by Gasteiger charge is 2.38. The minimum atomic E-state index is -1.01. The van der Waals surface area contributed by atoms with Crippen molar-refractivity contribution in [2.45, 2.75) is 18.5 Å². The number of amidine groups is 1. The van der Waals surface area contributed by atoms with Gasteiger partial charge in [0.25, 0.3) is 5.91 Å². The van der Waals surface area contributed by atoms with Gasteiger partial charge in [-0.2, -0.15) is 0 Å². The van der Waals surface area contributed by atoms with Gasteiger partial charge >= 0.3 is 5.97 Å². The molecule has 2 aliphatic rings. The lowest BCUT2D eigenvalue weighted by Gasteiger charge is -2.42. The predicted octanol–water partition coefficient (Wildman–Crippen LogP) is 2.57. The third kappa shape index (κ3) is 3.53. The number of likely N-dealkylation sites (tertiary alicyclic amines) is 1. The molecule has 1 fully saturated rings. The predicted molar refractivity (Wildman–Crippen MR) is 109 cm³/mol. The number of halogens is 1. The average molecular weight is 401 g/mol. The van der Waals surface area contributed by atoms with Crippen molar-refractivity contribution in [3.8, 4) is 0 Å². The smallest absolute Gasteiger partial charge is 0.335 e. The minimum Gasteiger partial charge on any atom is -0.478 e. The number of amides is 1. The zero-order chi connectivity index (χ0) is 19.0. The topological polar surface area (TPSA) is 108 Å². The van der Waals surface area contributed by atoms with Crippen LogP contribution in [0.2, 0.25) is 0 Å². The number of anilines is 1. The van der Waals surface area contributed by atoms with Crippen LogP contribution in [0.25, 0.3) is 0 Å². The maximum absolute atomic E-state index is 12.7. The van der Waals surface area contributed by atoms with E-state index in [1.165, 1.54) is 12.1 Å². The molecule has 146 valence electrons. The van der Waals surface area contributed by atoms with Gasteiger partial charge < -0.3 is 21.1 Å². The monoisotopic (exact) mass is 400 g/mol. The number of rotatable bonds is 2. The molecule has 0 unspecified atom stereocenters. The van der Waals surface area contributed by atoms with E-state index in [-0.39, 0.29) is 23.9 Å². The molecule has 0 bridgehead atoms. The molecule has 2 aromatic rings. The first-order valence-electron chi connectivity index (χ1n) is 8.83. The first-order valence-corrected chi connectivity index (χ1v) is 8.83. The molecule has 4 rings (SSSR count). The fraction of sp³-hybridized carbons (Fsp3) is 0.250. The highest BCUT2D eigenvalue weighted by atomic mass is 35.5. The molecule has 1 spiro atoms. The van der Waals surface area contributed by atoms with Crippen LogP contribution in [0, 0.1) is 0 Å². The van der Waals surface area contributed by atoms with Gasteiger partial charge in [-0.3, -0.25) is 4.79 Å². The van der Waals surface area contributed by atoms with E-state index in [9.17, 15) is 9.59 Å². The summed E-state index contributed by atoms with van der Waals surface area (Å²) in [7, 11) is 0. The number of aromatic carboxylic acids is 1. The van der Waals surface area contributed by atoms with E-state index in [0.717, 1.165) is 11.3 Å². The second-order valence-electron chi connectivity index (χ2n) is 6.87. The van der Waals surface area contributed by atoms with E-state index < -0.39 is 11.6 Å². The summed E-state index contributed by atoms with van der Waals surface area (Å²) in [5, 5.41) is 12.5. The number of carbonyl (C=O) groups excluding carboxylic acids is 1. The Labute approximate surface area is 168 Å². The number of fused-ring (bicyclic) bond motifs is 1. The first-order chi connectivity index (χ1) is 13.0. The van der Waals surface area contributed by atoms with Crippen LogP contribution >= 0.6 is 12.4 Å². The lowest BCUT2D eigenvalue weighted by molar-refractivity contribution is 0.0676. The summed E-state index contributed by atoms with van der Waals surface area (Å²) >= 11 is 0. The van der Waals surface area contributed by atoms with E-state index in [2.05, 4.69) is 5.32 Å². The van der Waals surface area contributed by atoms with Crippen molar-refractivity contribution in [2.24, 2.45) is 10.7 Å². The lowest BCUT2D eigenvalue weighted by Crippen LogP contribution is -2.52. The van der Waals surface area contributed by atoms with Crippen LogP contribution in [0.15, 0.2) is 53.5 Å². The van der Waals surface area contributed by atoms with Crippen molar-refractivity contribution in [3.63, 3.8) is 0 Å². The number of carboxylic acid groups (broad SMARTS) is 1. The van der Waals surface area contributed by atoms with E-state index in [1.54, 1.807) is 17.0 Å². The Hall–Kier alpha value is -3.06. The highest BCUT2D eigenvalue weighted by Crippen LogP contribution is 2.34. The molecule has 2 aliphatic heterocycles. The molecule has 0 saturated carbocycles. The van der Waals surface area contributed by atoms with Crippen LogP contribution in [-0.4, -0.2) is 46.5 Å². The van der Waals surface area contributed by atoms with Gasteiger partial charge in [0, 0.05) is 42.7 Å². The number of carboxylic acids is 1. The Bertz CT molecular complexity index is 935. The Kier molecular flexibility index (Phi) is 5.29. The van der Waals surface area contributed by atoms with E-state index in [1.807, 2.05) is 24.3 Å². The number of aliphatic imine (C=N–C) groups is 1. The summed E-state index contributed by atoms with van der Waals surface area (Å²) in [6.07, 6.45) is 1.31. The van der Waals surface area contributed by atoms with Crippen molar-refractivity contribution < 1.29 is 14.7 Å². The normalized spacial score (nSPS) is 17.0. The summed E-state index contributed by atoms with van der Waals surface area (Å²) < 4.78 is 0. The second-order valence-corrected chi connectivity index (χ2v) is 6.87. The summed E-state index contributed by atoms with van der Waals surface area (Å²) in [5.41, 5.74) is 8.20. The van der Waals surface area contributed by atoms with Gasteiger partial charge in [0.15, 0.2) is 0 Å². The van der Waals surface area contributed by atoms with Crippen LogP contribution in [0.1, 0.15) is 39.1 Å². The van der Waals surface area contributed by atoms with Crippen molar-refractivity contribution in [3.05, 3.63) is 65.2 Å². The Morgan fingerprint density at radius 3 is 2.29 bits per heavy atom. The van der Waals surface area contributed by atoms with Crippen molar-refractivity contribution in [1.82, 2.24) is 4.90 Å². The molecule has 1 amide bonds.